The van der Waals surface area contributed by atoms with E-state index in [1.807, 2.05) is 0 Å². The van der Waals surface area contributed by atoms with Crippen LogP contribution in [0.5, 0.6) is 0 Å². The van der Waals surface area contributed by atoms with E-state index in [4.69, 9.17) is 0 Å². The fourth-order valence-electron chi connectivity index (χ4n) is 11.9. The van der Waals surface area contributed by atoms with Gasteiger partial charge in [0.15, 0.2) is 0 Å². The van der Waals surface area contributed by atoms with Gasteiger partial charge in [-0.25, -0.2) is 0 Å². The topological polar surface area (TPSA) is 9.86 Å². The van der Waals surface area contributed by atoms with Gasteiger partial charge in [0, 0.05) is 38.6 Å². The third-order valence-corrected chi connectivity index (χ3v) is 14.7. The first kappa shape index (κ1) is 36.7. The number of allylic oxidation sites excluding steroid dienone is 4. The van der Waals surface area contributed by atoms with E-state index >= 15 is 0 Å². The number of para-hydroxylation sites is 3. The minimum absolute atomic E-state index is 0.228. The van der Waals surface area contributed by atoms with Crippen LogP contribution in [0.15, 0.2) is 243 Å². The van der Waals surface area contributed by atoms with Crippen LogP contribution in [0.3, 0.4) is 0 Å². The Hall–Kier alpha value is -7.94. The van der Waals surface area contributed by atoms with Gasteiger partial charge in [-0.3, -0.25) is 0 Å². The van der Waals surface area contributed by atoms with Crippen LogP contribution in [0, 0.1) is 5.41 Å². The average molecular weight is 817 g/mol. The molecule has 302 valence electrons. The van der Waals surface area contributed by atoms with Crippen molar-refractivity contribution in [1.82, 2.24) is 9.13 Å². The molecule has 0 saturated heterocycles. The molecule has 3 unspecified atom stereocenters. The Morgan fingerprint density at radius 1 is 0.391 bits per heavy atom. The molecule has 2 aliphatic rings. The molecular weight excluding hydrogens is 773 g/mol. The molecule has 9 aromatic carbocycles. The molecule has 2 nitrogen and oxygen atoms in total. The third kappa shape index (κ3) is 5.08. The van der Waals surface area contributed by atoms with Crippen molar-refractivity contribution >= 4 is 43.6 Å². The maximum Gasteiger partial charge on any atom is 0.0571 e. The maximum atomic E-state index is 2.54. The number of fused-ring (bicyclic) bond motifs is 9. The summed E-state index contributed by atoms with van der Waals surface area (Å²) < 4.78 is 4.98. The Bertz CT molecular complexity index is 3700. The lowest BCUT2D eigenvalue weighted by molar-refractivity contribution is 0.288. The van der Waals surface area contributed by atoms with Gasteiger partial charge in [-0.05, 0) is 93.0 Å². The molecular formula is C62H44N2. The molecule has 64 heavy (non-hydrogen) atoms. The smallest absolute Gasteiger partial charge is 0.0571 e. The minimum Gasteiger partial charge on any atom is -0.309 e. The van der Waals surface area contributed by atoms with Crippen LogP contribution in [-0.4, -0.2) is 9.13 Å². The molecule has 0 amide bonds. The number of nitrogens with zero attached hydrogens (tertiary/aromatic N) is 2. The summed E-state index contributed by atoms with van der Waals surface area (Å²) in [6.07, 6.45) is 9.41. The summed E-state index contributed by atoms with van der Waals surface area (Å²) in [5.41, 5.74) is 16.6. The number of aromatic nitrogens is 2. The lowest BCUT2D eigenvalue weighted by atomic mass is 9.54. The molecule has 0 fully saturated rings. The summed E-state index contributed by atoms with van der Waals surface area (Å²) in [5.74, 6) is 0.228. The lowest BCUT2D eigenvalue weighted by Crippen LogP contribution is -2.44. The molecule has 2 aliphatic carbocycles. The molecule has 3 atom stereocenters. The monoisotopic (exact) mass is 816 g/mol. The number of benzene rings is 9. The van der Waals surface area contributed by atoms with Crippen LogP contribution >= 0.6 is 0 Å². The number of hydrogen-bond acceptors (Lipinski definition) is 0. The van der Waals surface area contributed by atoms with E-state index in [2.05, 4.69) is 259 Å². The molecule has 0 spiro atoms. The van der Waals surface area contributed by atoms with E-state index in [9.17, 15) is 0 Å². The van der Waals surface area contributed by atoms with Crippen LogP contribution in [0.1, 0.15) is 35.1 Å². The first-order valence-electron chi connectivity index (χ1n) is 22.5. The van der Waals surface area contributed by atoms with Crippen molar-refractivity contribution in [3.05, 3.63) is 265 Å². The van der Waals surface area contributed by atoms with E-state index in [1.54, 1.807) is 0 Å². The highest BCUT2D eigenvalue weighted by molar-refractivity contribution is 6.12. The van der Waals surface area contributed by atoms with Crippen LogP contribution in [-0.2, 0) is 5.41 Å². The second-order valence-electron chi connectivity index (χ2n) is 17.8. The minimum atomic E-state index is -0.473. The van der Waals surface area contributed by atoms with Crippen molar-refractivity contribution in [1.29, 1.82) is 0 Å². The molecule has 2 heteroatoms. The molecule has 0 bridgehead atoms. The van der Waals surface area contributed by atoms with Gasteiger partial charge in [0.1, 0.15) is 0 Å². The second kappa shape index (κ2) is 14.0. The summed E-state index contributed by atoms with van der Waals surface area (Å²) in [7, 11) is 0. The molecule has 11 aromatic rings. The Morgan fingerprint density at radius 2 is 0.984 bits per heavy atom. The summed E-state index contributed by atoms with van der Waals surface area (Å²) in [6.45, 7) is 2.48. The van der Waals surface area contributed by atoms with Crippen molar-refractivity contribution in [2.75, 3.05) is 0 Å². The van der Waals surface area contributed by atoms with Gasteiger partial charge in [-0.2, -0.15) is 0 Å². The highest BCUT2D eigenvalue weighted by Crippen LogP contribution is 2.67. The van der Waals surface area contributed by atoms with Crippen molar-refractivity contribution < 1.29 is 0 Å². The zero-order chi connectivity index (χ0) is 42.4. The van der Waals surface area contributed by atoms with Gasteiger partial charge in [-0.15, -0.1) is 0 Å². The first-order valence-corrected chi connectivity index (χ1v) is 22.5. The molecule has 0 aliphatic heterocycles. The van der Waals surface area contributed by atoms with Crippen molar-refractivity contribution in [2.45, 2.75) is 18.3 Å². The predicted octanol–water partition coefficient (Wildman–Crippen LogP) is 15.8. The van der Waals surface area contributed by atoms with Gasteiger partial charge < -0.3 is 9.13 Å². The van der Waals surface area contributed by atoms with Crippen molar-refractivity contribution in [3.8, 4) is 33.6 Å². The maximum absolute atomic E-state index is 2.54. The summed E-state index contributed by atoms with van der Waals surface area (Å²) in [6, 6.07) is 81.1. The highest BCUT2D eigenvalue weighted by Gasteiger charge is 2.61. The fourth-order valence-corrected chi connectivity index (χ4v) is 11.9. The first-order chi connectivity index (χ1) is 31.6. The molecule has 0 radical (unpaired) electrons. The van der Waals surface area contributed by atoms with Gasteiger partial charge >= 0.3 is 0 Å². The van der Waals surface area contributed by atoms with Crippen LogP contribution < -0.4 is 0 Å². The van der Waals surface area contributed by atoms with Crippen LogP contribution in [0.4, 0.5) is 0 Å². The van der Waals surface area contributed by atoms with E-state index < -0.39 is 5.41 Å². The Balaban J connectivity index is 1.02. The SMILES string of the molecule is CC12C=CC=CC1c1ccccc1C2(c1ccccc1)c1ccccc1-n1c2ccccc2c2cc(-c3ccc4c5ccccc5n(-c5cccc(-c6ccccc6)c5)c4c3)ccc21. The predicted molar refractivity (Wildman–Crippen MR) is 268 cm³/mol. The third-order valence-electron chi connectivity index (χ3n) is 14.7. The lowest BCUT2D eigenvalue weighted by Gasteiger charge is -2.47. The molecule has 13 rings (SSSR count). The zero-order valence-electron chi connectivity index (χ0n) is 35.6. The van der Waals surface area contributed by atoms with Crippen LogP contribution in [0.25, 0.3) is 77.2 Å². The molecule has 2 aromatic heterocycles. The van der Waals surface area contributed by atoms with Crippen LogP contribution in [0.2, 0.25) is 0 Å². The molecule has 2 heterocycles. The molecule has 0 N–H and O–H groups in total. The fraction of sp³-hybridized carbons (Fsp3) is 0.0645. The summed E-state index contributed by atoms with van der Waals surface area (Å²) in [5, 5.41) is 4.99. The Kier molecular flexibility index (Phi) is 8.05. The summed E-state index contributed by atoms with van der Waals surface area (Å²) >= 11 is 0. The van der Waals surface area contributed by atoms with E-state index in [0.717, 1.165) is 5.69 Å². The number of hydrogen-bond donors (Lipinski definition) is 0. The van der Waals surface area contributed by atoms with E-state index in [0.29, 0.717) is 0 Å². The van der Waals surface area contributed by atoms with Gasteiger partial charge in [-0.1, -0.05) is 201 Å². The Labute approximate surface area is 373 Å². The molecule has 0 saturated carbocycles. The van der Waals surface area contributed by atoms with E-state index in [-0.39, 0.29) is 11.3 Å². The zero-order valence-corrected chi connectivity index (χ0v) is 35.6. The highest BCUT2D eigenvalue weighted by atomic mass is 15.0. The van der Waals surface area contributed by atoms with Crippen molar-refractivity contribution in [3.63, 3.8) is 0 Å². The standard InChI is InChI=1S/C62H44N2/c1-61-38-17-16-28-53(61)51-27-8-11-29-54(51)62(61,46-22-6-3-7-23-46)55-30-12-15-33-59(55)64-57-32-14-10-26-49(57)52-40-44(35-37-58(52)64)45-34-36-50-48-25-9-13-31-56(48)63(60(50)41-45)47-24-18-21-43(39-47)42-19-4-2-5-20-42/h2-41,53H,1H3. The summed E-state index contributed by atoms with van der Waals surface area (Å²) in [4.78, 5) is 0. The van der Waals surface area contributed by atoms with Gasteiger partial charge in [0.25, 0.3) is 0 Å². The van der Waals surface area contributed by atoms with Gasteiger partial charge in [0.2, 0.25) is 0 Å². The van der Waals surface area contributed by atoms with E-state index in [1.165, 1.54) is 93.8 Å². The van der Waals surface area contributed by atoms with Crippen molar-refractivity contribution in [2.24, 2.45) is 5.41 Å². The quantitative estimate of drug-likeness (QED) is 0.158. The second-order valence-corrected chi connectivity index (χ2v) is 17.8. The normalized spacial score (nSPS) is 18.9. The Morgan fingerprint density at radius 3 is 1.81 bits per heavy atom. The average Bonchev–Trinajstić information content (AvgIpc) is 3.96. The number of rotatable bonds is 6. The largest absolute Gasteiger partial charge is 0.309 e. The van der Waals surface area contributed by atoms with Gasteiger partial charge in [0.05, 0.1) is 33.2 Å².